The average molecular weight is 685 g/mol. The number of guanidine groups is 1. The third-order valence-corrected chi connectivity index (χ3v) is 7.45. The van der Waals surface area contributed by atoms with Crippen molar-refractivity contribution >= 4 is 47.4 Å². The van der Waals surface area contributed by atoms with Gasteiger partial charge >= 0.3 is 5.97 Å². The van der Waals surface area contributed by atoms with E-state index < -0.39 is 90.3 Å². The number of aliphatic hydroxyl groups excluding tert-OH is 1. The Bertz CT molecular complexity index is 1190. The highest BCUT2D eigenvalue weighted by Crippen LogP contribution is 2.20. The van der Waals surface area contributed by atoms with E-state index in [2.05, 4.69) is 31.6 Å². The second kappa shape index (κ2) is 20.0. The van der Waals surface area contributed by atoms with E-state index in [-0.39, 0.29) is 44.2 Å². The fourth-order valence-electron chi connectivity index (χ4n) is 4.80. The number of nitrogens with two attached hydrogens (primary N) is 3. The summed E-state index contributed by atoms with van der Waals surface area (Å²) in [5, 5.41) is 31.5. The molecular formula is C29H52N10O9. The summed E-state index contributed by atoms with van der Waals surface area (Å²) in [5.41, 5.74) is 16.2. The minimum atomic E-state index is -1.48. The lowest BCUT2D eigenvalue weighted by molar-refractivity contribution is -0.149. The normalized spacial score (nSPS) is 17.9. The quantitative estimate of drug-likeness (QED) is 0.0353. The van der Waals surface area contributed by atoms with Crippen LogP contribution in [-0.4, -0.2) is 124 Å². The fourth-order valence-corrected chi connectivity index (χ4v) is 4.80. The molecular weight excluding hydrogens is 632 g/mol. The van der Waals surface area contributed by atoms with Gasteiger partial charge in [-0.15, -0.1) is 0 Å². The number of aliphatic imine (C=N–C) groups is 1. The van der Waals surface area contributed by atoms with Gasteiger partial charge in [-0.3, -0.25) is 33.8 Å². The van der Waals surface area contributed by atoms with Crippen LogP contribution >= 0.6 is 0 Å². The molecule has 0 radical (unpaired) electrons. The summed E-state index contributed by atoms with van der Waals surface area (Å²) in [6, 6.07) is -8.01. The summed E-state index contributed by atoms with van der Waals surface area (Å²) in [6.45, 7) is 7.28. The Kier molecular flexibility index (Phi) is 17.3. The number of carbonyl (C=O) groups is 7. The van der Waals surface area contributed by atoms with Crippen molar-refractivity contribution in [3.63, 3.8) is 0 Å². The van der Waals surface area contributed by atoms with Crippen LogP contribution in [0.3, 0.4) is 0 Å². The first-order chi connectivity index (χ1) is 22.4. The number of carbonyl (C=O) groups excluding carboxylic acids is 6. The largest absolute Gasteiger partial charge is 0.480 e. The van der Waals surface area contributed by atoms with Gasteiger partial charge in [0.1, 0.15) is 36.3 Å². The molecule has 272 valence electrons. The monoisotopic (exact) mass is 684 g/mol. The first-order valence-electron chi connectivity index (χ1n) is 15.9. The van der Waals surface area contributed by atoms with Gasteiger partial charge in [0.2, 0.25) is 35.4 Å². The average Bonchev–Trinajstić information content (AvgIpc) is 3.50. The molecule has 0 saturated carbocycles. The molecule has 0 aliphatic carbocycles. The van der Waals surface area contributed by atoms with Gasteiger partial charge in [0, 0.05) is 13.1 Å². The lowest BCUT2D eigenvalue weighted by Crippen LogP contribution is -2.59. The Morgan fingerprint density at radius 2 is 1.31 bits per heavy atom. The highest BCUT2D eigenvalue weighted by atomic mass is 16.4. The molecule has 0 spiro atoms. The van der Waals surface area contributed by atoms with Crippen LogP contribution in [-0.2, 0) is 33.6 Å². The zero-order chi connectivity index (χ0) is 36.7. The molecule has 6 amide bonds. The number of amides is 6. The summed E-state index contributed by atoms with van der Waals surface area (Å²) >= 11 is 0. The van der Waals surface area contributed by atoms with Crippen LogP contribution in [0.5, 0.6) is 0 Å². The number of carboxylic acids is 1. The van der Waals surface area contributed by atoms with E-state index in [0.717, 1.165) is 0 Å². The maximum absolute atomic E-state index is 13.5. The maximum Gasteiger partial charge on any atom is 0.326 e. The van der Waals surface area contributed by atoms with Crippen LogP contribution in [0.2, 0.25) is 0 Å². The zero-order valence-corrected chi connectivity index (χ0v) is 28.2. The molecule has 0 bridgehead atoms. The van der Waals surface area contributed by atoms with Gasteiger partial charge in [-0.05, 0) is 58.8 Å². The van der Waals surface area contributed by atoms with Gasteiger partial charge in [-0.1, -0.05) is 13.8 Å². The summed E-state index contributed by atoms with van der Waals surface area (Å²) in [6.07, 6.45) is 1.27. The number of nitrogens with one attached hydrogen (secondary N) is 5. The van der Waals surface area contributed by atoms with Crippen molar-refractivity contribution in [2.24, 2.45) is 28.1 Å². The molecule has 19 nitrogen and oxygen atoms in total. The topological polar surface area (TPSA) is 314 Å². The standard InChI is InChI=1S/C29H52N10O9/c1-14(2)12-19(27(46)39-11-7-9-21(39)28(47)48)37-25(44)18(8-6-10-33-29(31)32)36-23(42)17(5)35-26(45)20(13-40)38-24(43)16(4)34-22(41)15(3)30/h14-21,40H,6-13,30H2,1-5H3,(H,34,41)(H,35,45)(H,36,42)(H,37,44)(H,38,43)(H,47,48)(H4,31,32,33)/t15-,16-,17-,18-,19-,20-,21-/m0/s1. The SMILES string of the molecule is CC(C)C[C@H](NC(=O)[C@H](CCCN=C(N)N)NC(=O)[C@H](C)NC(=O)[C@H](CO)NC(=O)[C@H](C)NC(=O)[C@H](C)N)C(=O)N1CCC[C@H]1C(=O)O. The number of hydrogen-bond donors (Lipinski definition) is 10. The van der Waals surface area contributed by atoms with Crippen LogP contribution in [0.1, 0.15) is 66.7 Å². The number of rotatable bonds is 19. The number of aliphatic hydroxyl groups is 1. The van der Waals surface area contributed by atoms with E-state index in [1.54, 1.807) is 0 Å². The second-order valence-electron chi connectivity index (χ2n) is 12.2. The summed E-state index contributed by atoms with van der Waals surface area (Å²) < 4.78 is 0. The number of carboxylic acid groups (broad SMARTS) is 1. The number of aliphatic carboxylic acids is 1. The van der Waals surface area contributed by atoms with Crippen molar-refractivity contribution in [2.45, 2.75) is 109 Å². The molecule has 1 saturated heterocycles. The van der Waals surface area contributed by atoms with Gasteiger partial charge in [0.25, 0.3) is 0 Å². The van der Waals surface area contributed by atoms with Crippen molar-refractivity contribution in [1.82, 2.24) is 31.5 Å². The predicted octanol–water partition coefficient (Wildman–Crippen LogP) is -4.04. The molecule has 0 aromatic heterocycles. The molecule has 0 unspecified atom stereocenters. The Morgan fingerprint density at radius 1 is 0.792 bits per heavy atom. The van der Waals surface area contributed by atoms with Gasteiger partial charge in [0.15, 0.2) is 5.96 Å². The molecule has 19 heteroatoms. The van der Waals surface area contributed by atoms with Gasteiger partial charge in [-0.2, -0.15) is 0 Å². The highest BCUT2D eigenvalue weighted by Gasteiger charge is 2.38. The lowest BCUT2D eigenvalue weighted by atomic mass is 10.0. The van der Waals surface area contributed by atoms with Gasteiger partial charge < -0.3 is 58.9 Å². The molecule has 1 heterocycles. The van der Waals surface area contributed by atoms with E-state index in [1.165, 1.54) is 25.7 Å². The van der Waals surface area contributed by atoms with Gasteiger partial charge in [0.05, 0.1) is 12.6 Å². The second-order valence-corrected chi connectivity index (χ2v) is 12.2. The zero-order valence-electron chi connectivity index (χ0n) is 28.2. The van der Waals surface area contributed by atoms with Crippen molar-refractivity contribution in [1.29, 1.82) is 0 Å². The van der Waals surface area contributed by atoms with Crippen LogP contribution in [0.4, 0.5) is 0 Å². The van der Waals surface area contributed by atoms with Gasteiger partial charge in [-0.25, -0.2) is 4.79 Å². The summed E-state index contributed by atoms with van der Waals surface area (Å²) in [4.78, 5) is 94.0. The highest BCUT2D eigenvalue weighted by molar-refractivity contribution is 5.97. The summed E-state index contributed by atoms with van der Waals surface area (Å²) in [5.74, 6) is -5.75. The van der Waals surface area contributed by atoms with Crippen LogP contribution < -0.4 is 43.8 Å². The fraction of sp³-hybridized carbons (Fsp3) is 0.724. The predicted molar refractivity (Wildman–Crippen MR) is 173 cm³/mol. The Labute approximate surface area is 279 Å². The smallest absolute Gasteiger partial charge is 0.326 e. The minimum Gasteiger partial charge on any atom is -0.480 e. The first-order valence-corrected chi connectivity index (χ1v) is 15.9. The molecule has 48 heavy (non-hydrogen) atoms. The first kappa shape index (κ1) is 41.5. The minimum absolute atomic E-state index is 0.0272. The van der Waals surface area contributed by atoms with Crippen LogP contribution in [0.15, 0.2) is 4.99 Å². The third-order valence-electron chi connectivity index (χ3n) is 7.45. The van der Waals surface area contributed by atoms with Crippen molar-refractivity contribution in [3.05, 3.63) is 0 Å². The molecule has 7 atom stereocenters. The number of hydrogen-bond acceptors (Lipinski definition) is 10. The van der Waals surface area contributed by atoms with Crippen LogP contribution in [0.25, 0.3) is 0 Å². The van der Waals surface area contributed by atoms with Crippen molar-refractivity contribution < 1.29 is 43.8 Å². The number of likely N-dealkylation sites (tertiary alicyclic amines) is 1. The number of nitrogens with zero attached hydrogens (tertiary/aromatic N) is 2. The Hall–Kier alpha value is -4.52. The molecule has 0 aromatic rings. The third kappa shape index (κ3) is 13.7. The van der Waals surface area contributed by atoms with E-state index in [1.807, 2.05) is 13.8 Å². The Morgan fingerprint density at radius 3 is 1.81 bits per heavy atom. The molecule has 1 aliphatic heterocycles. The molecule has 1 fully saturated rings. The van der Waals surface area contributed by atoms with Crippen LogP contribution in [0, 0.1) is 5.92 Å². The van der Waals surface area contributed by atoms with Crippen molar-refractivity contribution in [2.75, 3.05) is 19.7 Å². The lowest BCUT2D eigenvalue weighted by Gasteiger charge is -2.30. The molecule has 0 aromatic carbocycles. The molecule has 1 aliphatic rings. The van der Waals surface area contributed by atoms with E-state index in [0.29, 0.717) is 12.8 Å². The van der Waals surface area contributed by atoms with Crippen molar-refractivity contribution in [3.8, 4) is 0 Å². The Balaban J connectivity index is 3.04. The molecule has 13 N–H and O–H groups in total. The summed E-state index contributed by atoms with van der Waals surface area (Å²) in [7, 11) is 0. The maximum atomic E-state index is 13.5. The van der Waals surface area contributed by atoms with E-state index >= 15 is 0 Å². The molecule has 1 rings (SSSR count). The van der Waals surface area contributed by atoms with E-state index in [9.17, 15) is 43.8 Å². The van der Waals surface area contributed by atoms with E-state index in [4.69, 9.17) is 17.2 Å².